The van der Waals surface area contributed by atoms with Gasteiger partial charge in [0.25, 0.3) is 5.91 Å². The van der Waals surface area contributed by atoms with Crippen molar-refractivity contribution in [3.63, 3.8) is 0 Å². The first-order valence-electron chi connectivity index (χ1n) is 8.23. The molecule has 0 aliphatic heterocycles. The minimum Gasteiger partial charge on any atom is -0.477 e. The van der Waals surface area contributed by atoms with Crippen molar-refractivity contribution in [2.24, 2.45) is 0 Å². The van der Waals surface area contributed by atoms with Crippen LogP contribution >= 0.6 is 0 Å². The lowest BCUT2D eigenvalue weighted by Gasteiger charge is -2.07. The van der Waals surface area contributed by atoms with Gasteiger partial charge in [0.2, 0.25) is 5.88 Å². The molecule has 2 aromatic carbocycles. The van der Waals surface area contributed by atoms with Crippen LogP contribution in [0.4, 0.5) is 5.69 Å². The first kappa shape index (κ1) is 15.3. The Labute approximate surface area is 145 Å². The lowest BCUT2D eigenvalue weighted by atomic mass is 10.1. The highest BCUT2D eigenvalue weighted by Gasteiger charge is 2.18. The number of carbonyl (C=O) groups is 1. The number of amides is 1. The second-order valence-corrected chi connectivity index (χ2v) is 5.85. The normalized spacial score (nSPS) is 11.6. The third kappa shape index (κ3) is 2.96. The predicted octanol–water partition coefficient (Wildman–Crippen LogP) is 3.70. The molecule has 3 aromatic rings. The van der Waals surface area contributed by atoms with Gasteiger partial charge < -0.3 is 10.1 Å². The third-order valence-corrected chi connectivity index (χ3v) is 4.22. The van der Waals surface area contributed by atoms with Gasteiger partial charge in [0, 0.05) is 11.8 Å². The molecule has 5 heteroatoms. The Morgan fingerprint density at radius 1 is 1.04 bits per heavy atom. The fourth-order valence-electron chi connectivity index (χ4n) is 3.08. The average molecular weight is 331 g/mol. The molecule has 0 bridgehead atoms. The lowest BCUT2D eigenvalue weighted by Crippen LogP contribution is -2.14. The quantitative estimate of drug-likeness (QED) is 0.619. The number of aromatic nitrogens is 2. The molecular weight excluding hydrogens is 314 g/mol. The molecule has 1 amide bonds. The monoisotopic (exact) mass is 331 g/mol. The largest absolute Gasteiger partial charge is 0.477 e. The van der Waals surface area contributed by atoms with Gasteiger partial charge in [-0.1, -0.05) is 30.3 Å². The molecule has 25 heavy (non-hydrogen) atoms. The van der Waals surface area contributed by atoms with Crippen LogP contribution in [0.25, 0.3) is 11.1 Å². The Morgan fingerprint density at radius 2 is 1.88 bits per heavy atom. The second-order valence-electron chi connectivity index (χ2n) is 5.85. The summed E-state index contributed by atoms with van der Waals surface area (Å²) in [4.78, 5) is 12.3. The molecule has 0 saturated carbocycles. The summed E-state index contributed by atoms with van der Waals surface area (Å²) in [5.41, 5.74) is 6.05. The van der Waals surface area contributed by atoms with Crippen LogP contribution in [0, 0.1) is 0 Å². The number of hydrogen-bond donors (Lipinski definition) is 1. The molecule has 0 fully saturated rings. The van der Waals surface area contributed by atoms with E-state index in [0.717, 1.165) is 12.1 Å². The van der Waals surface area contributed by atoms with E-state index in [9.17, 15) is 4.79 Å². The molecule has 0 atom stereocenters. The Balaban J connectivity index is 1.52. The van der Waals surface area contributed by atoms with Crippen LogP contribution in [0.2, 0.25) is 0 Å². The van der Waals surface area contributed by atoms with Gasteiger partial charge in [0.1, 0.15) is 0 Å². The van der Waals surface area contributed by atoms with Gasteiger partial charge in [0.05, 0.1) is 6.61 Å². The molecule has 0 radical (unpaired) electrons. The van der Waals surface area contributed by atoms with Gasteiger partial charge in [0.15, 0.2) is 5.69 Å². The number of carbonyl (C=O) groups excluding carboxylic acids is 1. The van der Waals surface area contributed by atoms with Gasteiger partial charge in [-0.05, 0) is 53.8 Å². The summed E-state index contributed by atoms with van der Waals surface area (Å²) in [5, 5.41) is 10.7. The third-order valence-electron chi connectivity index (χ3n) is 4.22. The number of nitrogens with zero attached hydrogens (tertiary/aromatic N) is 2. The maximum atomic E-state index is 12.3. The van der Waals surface area contributed by atoms with E-state index in [-0.39, 0.29) is 11.6 Å². The molecule has 0 unspecified atom stereocenters. The van der Waals surface area contributed by atoms with Crippen molar-refractivity contribution in [2.75, 3.05) is 11.9 Å². The predicted molar refractivity (Wildman–Crippen MR) is 95.8 cm³/mol. The molecule has 124 valence electrons. The Kier molecular flexibility index (Phi) is 3.90. The Hall–Kier alpha value is -3.21. The van der Waals surface area contributed by atoms with E-state index in [0.29, 0.717) is 12.5 Å². The fourth-order valence-corrected chi connectivity index (χ4v) is 3.08. The molecule has 0 saturated heterocycles. The fraction of sp³-hybridized carbons (Fsp3) is 0.150. The molecular formula is C20H17N3O2. The zero-order valence-electron chi connectivity index (χ0n) is 13.8. The van der Waals surface area contributed by atoms with Gasteiger partial charge in [-0.3, -0.25) is 4.79 Å². The van der Waals surface area contributed by atoms with Crippen molar-refractivity contribution in [3.8, 4) is 17.0 Å². The van der Waals surface area contributed by atoms with E-state index < -0.39 is 0 Å². The van der Waals surface area contributed by atoms with Crippen LogP contribution in [0.15, 0.2) is 54.6 Å². The SMILES string of the molecule is CCOc1ccc(C(=O)Nc2ccc3c(c2)Cc2ccccc2-3)nn1. The van der Waals surface area contributed by atoms with Crippen molar-refractivity contribution in [2.45, 2.75) is 13.3 Å². The number of rotatable bonds is 4. The Bertz CT molecular complexity index is 936. The van der Waals surface area contributed by atoms with Gasteiger partial charge in [-0.15, -0.1) is 10.2 Å². The number of ether oxygens (including phenoxy) is 1. The molecule has 4 rings (SSSR count). The molecule has 5 nitrogen and oxygen atoms in total. The summed E-state index contributed by atoms with van der Waals surface area (Å²) in [6, 6.07) is 17.6. The number of hydrogen-bond acceptors (Lipinski definition) is 4. The van der Waals surface area contributed by atoms with Gasteiger partial charge in [-0.25, -0.2) is 0 Å². The van der Waals surface area contributed by atoms with Crippen molar-refractivity contribution in [3.05, 3.63) is 71.4 Å². The molecule has 1 aliphatic carbocycles. The summed E-state index contributed by atoms with van der Waals surface area (Å²) in [7, 11) is 0. The maximum absolute atomic E-state index is 12.3. The van der Waals surface area contributed by atoms with E-state index in [4.69, 9.17) is 4.74 Å². The van der Waals surface area contributed by atoms with E-state index in [1.54, 1.807) is 12.1 Å². The zero-order valence-corrected chi connectivity index (χ0v) is 13.8. The maximum Gasteiger partial charge on any atom is 0.276 e. The molecule has 1 N–H and O–H groups in total. The van der Waals surface area contributed by atoms with E-state index >= 15 is 0 Å². The molecule has 1 heterocycles. The van der Waals surface area contributed by atoms with Gasteiger partial charge in [-0.2, -0.15) is 0 Å². The highest BCUT2D eigenvalue weighted by molar-refractivity contribution is 6.03. The van der Waals surface area contributed by atoms with Crippen LogP contribution in [0.5, 0.6) is 5.88 Å². The molecule has 1 aromatic heterocycles. The number of nitrogens with one attached hydrogen (secondary N) is 1. The number of anilines is 1. The van der Waals surface area contributed by atoms with Crippen LogP contribution in [-0.2, 0) is 6.42 Å². The summed E-state index contributed by atoms with van der Waals surface area (Å²) in [6.07, 6.45) is 0.887. The first-order valence-corrected chi connectivity index (χ1v) is 8.23. The highest BCUT2D eigenvalue weighted by Crippen LogP contribution is 2.37. The standard InChI is InChI=1S/C20H17N3O2/c1-2-25-19-10-9-18(22-23-19)20(24)21-15-7-8-17-14(12-15)11-13-5-3-4-6-16(13)17/h3-10,12H,2,11H2,1H3,(H,21,24). The summed E-state index contributed by atoms with van der Waals surface area (Å²) < 4.78 is 5.23. The van der Waals surface area contributed by atoms with Crippen LogP contribution in [0.3, 0.4) is 0 Å². The highest BCUT2D eigenvalue weighted by atomic mass is 16.5. The minimum atomic E-state index is -0.286. The van der Waals surface area contributed by atoms with E-state index in [1.165, 1.54) is 22.3 Å². The molecule has 1 aliphatic rings. The van der Waals surface area contributed by atoms with Crippen molar-refractivity contribution < 1.29 is 9.53 Å². The Morgan fingerprint density at radius 3 is 2.68 bits per heavy atom. The lowest BCUT2D eigenvalue weighted by molar-refractivity contribution is 0.102. The molecule has 0 spiro atoms. The average Bonchev–Trinajstić information content (AvgIpc) is 3.00. The minimum absolute atomic E-state index is 0.257. The van der Waals surface area contributed by atoms with Crippen molar-refractivity contribution in [1.29, 1.82) is 0 Å². The second kappa shape index (κ2) is 6.36. The smallest absolute Gasteiger partial charge is 0.276 e. The van der Waals surface area contributed by atoms with Gasteiger partial charge >= 0.3 is 0 Å². The summed E-state index contributed by atoms with van der Waals surface area (Å²) >= 11 is 0. The van der Waals surface area contributed by atoms with Crippen molar-refractivity contribution >= 4 is 11.6 Å². The number of fused-ring (bicyclic) bond motifs is 3. The summed E-state index contributed by atoms with van der Waals surface area (Å²) in [6.45, 7) is 2.38. The first-order chi connectivity index (χ1) is 12.2. The zero-order chi connectivity index (χ0) is 17.2. The van der Waals surface area contributed by atoms with Crippen molar-refractivity contribution in [1.82, 2.24) is 10.2 Å². The topological polar surface area (TPSA) is 64.1 Å². The van der Waals surface area contributed by atoms with Crippen LogP contribution in [-0.4, -0.2) is 22.7 Å². The van der Waals surface area contributed by atoms with E-state index in [2.05, 4.69) is 39.8 Å². The van der Waals surface area contributed by atoms with Crippen LogP contribution in [0.1, 0.15) is 28.5 Å². The van der Waals surface area contributed by atoms with Crippen LogP contribution < -0.4 is 10.1 Å². The van der Waals surface area contributed by atoms with E-state index in [1.807, 2.05) is 25.1 Å². The summed E-state index contributed by atoms with van der Waals surface area (Å²) in [5.74, 6) is 0.125. The number of benzene rings is 2.